The molecule has 0 aliphatic heterocycles. The summed E-state index contributed by atoms with van der Waals surface area (Å²) < 4.78 is 5.09. The van der Waals surface area contributed by atoms with E-state index in [9.17, 15) is 9.59 Å². The molecule has 0 spiro atoms. The highest BCUT2D eigenvalue weighted by molar-refractivity contribution is 6.02. The van der Waals surface area contributed by atoms with E-state index in [2.05, 4.69) is 22.4 Å². The zero-order chi connectivity index (χ0) is 16.2. The van der Waals surface area contributed by atoms with Gasteiger partial charge >= 0.3 is 5.97 Å². The summed E-state index contributed by atoms with van der Waals surface area (Å²) in [5.74, 6) is -0.110. The topological polar surface area (TPSA) is 84.1 Å². The zero-order valence-electron chi connectivity index (χ0n) is 13.2. The number of benzene rings is 1. The summed E-state index contributed by atoms with van der Waals surface area (Å²) in [7, 11) is 0. The van der Waals surface area contributed by atoms with Gasteiger partial charge in [-0.05, 0) is 37.7 Å². The molecule has 3 rings (SSSR count). The molecular weight excluding hydrogens is 294 g/mol. The highest BCUT2D eigenvalue weighted by atomic mass is 16.5. The van der Waals surface area contributed by atoms with Crippen molar-refractivity contribution in [1.82, 2.24) is 15.5 Å². The first-order valence-electron chi connectivity index (χ1n) is 8.03. The number of ether oxygens (including phenoxy) is 1. The van der Waals surface area contributed by atoms with Crippen LogP contribution in [0.4, 0.5) is 0 Å². The van der Waals surface area contributed by atoms with Gasteiger partial charge in [0.2, 0.25) is 0 Å². The number of para-hydroxylation sites is 1. The number of amides is 1. The van der Waals surface area contributed by atoms with Crippen LogP contribution in [0, 0.1) is 5.92 Å². The Morgan fingerprint density at radius 3 is 2.78 bits per heavy atom. The minimum atomic E-state index is -0.588. The molecule has 6 heteroatoms. The van der Waals surface area contributed by atoms with Crippen molar-refractivity contribution in [3.05, 3.63) is 30.0 Å². The van der Waals surface area contributed by atoms with Gasteiger partial charge in [-0.25, -0.2) is 4.79 Å². The van der Waals surface area contributed by atoms with Crippen LogP contribution >= 0.6 is 0 Å². The van der Waals surface area contributed by atoms with Crippen LogP contribution in [0.1, 0.15) is 43.1 Å². The summed E-state index contributed by atoms with van der Waals surface area (Å²) in [6, 6.07) is 7.50. The van der Waals surface area contributed by atoms with Crippen LogP contribution in [0.2, 0.25) is 0 Å². The first kappa shape index (κ1) is 15.5. The van der Waals surface area contributed by atoms with E-state index < -0.39 is 5.97 Å². The highest BCUT2D eigenvalue weighted by Gasteiger charge is 2.21. The molecule has 1 aliphatic rings. The Balaban J connectivity index is 1.51. The van der Waals surface area contributed by atoms with E-state index in [1.54, 1.807) is 6.07 Å². The molecule has 1 aromatic carbocycles. The van der Waals surface area contributed by atoms with Crippen molar-refractivity contribution < 1.29 is 14.3 Å². The van der Waals surface area contributed by atoms with Gasteiger partial charge in [-0.3, -0.25) is 9.89 Å². The molecule has 23 heavy (non-hydrogen) atoms. The third-order valence-corrected chi connectivity index (χ3v) is 4.38. The number of rotatable bonds is 4. The van der Waals surface area contributed by atoms with Gasteiger partial charge in [0.1, 0.15) is 0 Å². The van der Waals surface area contributed by atoms with Gasteiger partial charge in [0.15, 0.2) is 12.3 Å². The zero-order valence-corrected chi connectivity index (χ0v) is 13.2. The highest BCUT2D eigenvalue weighted by Crippen LogP contribution is 2.23. The summed E-state index contributed by atoms with van der Waals surface area (Å²) in [5.41, 5.74) is 0.972. The fraction of sp³-hybridized carbons (Fsp3) is 0.471. The van der Waals surface area contributed by atoms with Gasteiger partial charge in [-0.1, -0.05) is 25.1 Å². The average molecular weight is 315 g/mol. The largest absolute Gasteiger partial charge is 0.451 e. The Kier molecular flexibility index (Phi) is 4.60. The van der Waals surface area contributed by atoms with Crippen molar-refractivity contribution in [1.29, 1.82) is 0 Å². The molecule has 1 aromatic heterocycles. The van der Waals surface area contributed by atoms with Crippen molar-refractivity contribution in [3.63, 3.8) is 0 Å². The lowest BCUT2D eigenvalue weighted by Gasteiger charge is -2.26. The maximum absolute atomic E-state index is 12.1. The molecule has 0 atom stereocenters. The van der Waals surface area contributed by atoms with Gasteiger partial charge in [-0.2, -0.15) is 5.10 Å². The van der Waals surface area contributed by atoms with Crippen molar-refractivity contribution in [3.8, 4) is 0 Å². The third kappa shape index (κ3) is 3.70. The number of nitrogens with zero attached hydrogens (tertiary/aromatic N) is 1. The predicted octanol–water partition coefficient (Wildman–Crippen LogP) is 2.41. The fourth-order valence-corrected chi connectivity index (χ4v) is 2.99. The van der Waals surface area contributed by atoms with E-state index >= 15 is 0 Å². The number of hydrogen-bond acceptors (Lipinski definition) is 4. The number of nitrogens with one attached hydrogen (secondary N) is 2. The SMILES string of the molecule is CC1CCC(NC(=O)COC(=O)c2n[nH]c3ccccc23)CC1. The van der Waals surface area contributed by atoms with Crippen molar-refractivity contribution in [2.45, 2.75) is 38.6 Å². The smallest absolute Gasteiger partial charge is 0.359 e. The normalized spacial score (nSPS) is 21.1. The molecule has 6 nitrogen and oxygen atoms in total. The van der Waals surface area contributed by atoms with Crippen LogP contribution in [0.3, 0.4) is 0 Å². The van der Waals surface area contributed by atoms with Gasteiger partial charge < -0.3 is 10.1 Å². The standard InChI is InChI=1S/C17H21N3O3/c1-11-6-8-12(9-7-11)18-15(21)10-23-17(22)16-13-4-2-3-5-14(13)19-20-16/h2-5,11-12H,6-10H2,1H3,(H,18,21)(H,19,20). The molecule has 122 valence electrons. The third-order valence-electron chi connectivity index (χ3n) is 4.38. The lowest BCUT2D eigenvalue weighted by Crippen LogP contribution is -2.39. The first-order valence-corrected chi connectivity index (χ1v) is 8.03. The predicted molar refractivity (Wildman–Crippen MR) is 85.9 cm³/mol. The van der Waals surface area contributed by atoms with Gasteiger partial charge in [0, 0.05) is 11.4 Å². The molecule has 1 saturated carbocycles. The van der Waals surface area contributed by atoms with Crippen LogP contribution in [0.15, 0.2) is 24.3 Å². The average Bonchev–Trinajstić information content (AvgIpc) is 2.99. The maximum Gasteiger partial charge on any atom is 0.359 e. The van der Waals surface area contributed by atoms with E-state index in [1.807, 2.05) is 18.2 Å². The summed E-state index contributed by atoms with van der Waals surface area (Å²) in [4.78, 5) is 24.0. The minimum Gasteiger partial charge on any atom is -0.451 e. The number of aromatic amines is 1. The number of H-pyrrole nitrogens is 1. The Morgan fingerprint density at radius 1 is 1.26 bits per heavy atom. The monoisotopic (exact) mass is 315 g/mol. The lowest BCUT2D eigenvalue weighted by molar-refractivity contribution is -0.125. The van der Waals surface area contributed by atoms with Crippen molar-refractivity contribution >= 4 is 22.8 Å². The number of hydrogen-bond donors (Lipinski definition) is 2. The second-order valence-electron chi connectivity index (χ2n) is 6.22. The Morgan fingerprint density at radius 2 is 2.00 bits per heavy atom. The molecule has 1 fully saturated rings. The quantitative estimate of drug-likeness (QED) is 0.849. The first-order chi connectivity index (χ1) is 11.1. The van der Waals surface area contributed by atoms with E-state index in [0.717, 1.165) is 37.1 Å². The summed E-state index contributed by atoms with van der Waals surface area (Å²) >= 11 is 0. The number of carbonyl (C=O) groups is 2. The molecule has 0 bridgehead atoms. The summed E-state index contributed by atoms with van der Waals surface area (Å²) in [6.07, 6.45) is 4.24. The molecule has 1 aliphatic carbocycles. The van der Waals surface area contributed by atoms with Crippen LogP contribution in [0.5, 0.6) is 0 Å². The summed E-state index contributed by atoms with van der Waals surface area (Å²) in [5, 5.41) is 10.4. The summed E-state index contributed by atoms with van der Waals surface area (Å²) in [6.45, 7) is 1.96. The molecule has 0 radical (unpaired) electrons. The van der Waals surface area contributed by atoms with Crippen LogP contribution in [0.25, 0.3) is 10.9 Å². The fourth-order valence-electron chi connectivity index (χ4n) is 2.99. The number of fused-ring (bicyclic) bond motifs is 1. The van der Waals surface area contributed by atoms with Crippen molar-refractivity contribution in [2.24, 2.45) is 5.92 Å². The minimum absolute atomic E-state index is 0.198. The van der Waals surface area contributed by atoms with E-state index in [1.165, 1.54) is 0 Å². The van der Waals surface area contributed by atoms with Crippen LogP contribution < -0.4 is 5.32 Å². The Hall–Kier alpha value is -2.37. The molecule has 2 N–H and O–H groups in total. The molecule has 0 saturated heterocycles. The number of esters is 1. The maximum atomic E-state index is 12.1. The van der Waals surface area contributed by atoms with Gasteiger partial charge in [0.05, 0.1) is 5.52 Å². The number of aromatic nitrogens is 2. The second-order valence-corrected chi connectivity index (χ2v) is 6.22. The van der Waals surface area contributed by atoms with E-state index in [4.69, 9.17) is 4.74 Å². The van der Waals surface area contributed by atoms with E-state index in [-0.39, 0.29) is 24.2 Å². The molecule has 1 heterocycles. The molecule has 2 aromatic rings. The van der Waals surface area contributed by atoms with Gasteiger partial charge in [0.25, 0.3) is 5.91 Å². The molecule has 1 amide bonds. The van der Waals surface area contributed by atoms with E-state index in [0.29, 0.717) is 5.39 Å². The van der Waals surface area contributed by atoms with Gasteiger partial charge in [-0.15, -0.1) is 0 Å². The molecule has 0 unspecified atom stereocenters. The van der Waals surface area contributed by atoms with Crippen LogP contribution in [-0.2, 0) is 9.53 Å². The second kappa shape index (κ2) is 6.81. The Bertz CT molecular complexity index is 702. The van der Waals surface area contributed by atoms with Crippen LogP contribution in [-0.4, -0.2) is 34.7 Å². The molecular formula is C17H21N3O3. The van der Waals surface area contributed by atoms with Crippen molar-refractivity contribution in [2.75, 3.05) is 6.61 Å². The number of carbonyl (C=O) groups excluding carboxylic acids is 2. The lowest BCUT2D eigenvalue weighted by atomic mass is 9.87. The Labute approximate surface area is 134 Å².